The molecule has 0 aromatic carbocycles. The van der Waals surface area contributed by atoms with Gasteiger partial charge in [-0.1, -0.05) is 13.0 Å². The SMILES string of the molecule is CNCC(C)C(=O)NCc1coc(-c2cccs2)n1. The summed E-state index contributed by atoms with van der Waals surface area (Å²) in [4.78, 5) is 17.1. The fourth-order valence-electron chi connectivity index (χ4n) is 1.65. The maximum Gasteiger partial charge on any atom is 0.236 e. The molecule has 0 aliphatic rings. The number of nitrogens with zero attached hydrogens (tertiary/aromatic N) is 1. The molecule has 6 heteroatoms. The van der Waals surface area contributed by atoms with Gasteiger partial charge in [-0.2, -0.15) is 0 Å². The standard InChI is InChI=1S/C13H17N3O2S/c1-9(6-14-2)12(17)15-7-10-8-18-13(16-10)11-4-3-5-19-11/h3-5,8-9,14H,6-7H2,1-2H3,(H,15,17). The van der Waals surface area contributed by atoms with Crippen molar-refractivity contribution in [3.8, 4) is 10.8 Å². The number of thiophene rings is 1. The number of carbonyl (C=O) groups is 1. The lowest BCUT2D eigenvalue weighted by molar-refractivity contribution is -0.124. The summed E-state index contributed by atoms with van der Waals surface area (Å²) in [6, 6.07) is 3.90. The van der Waals surface area contributed by atoms with Crippen molar-refractivity contribution in [1.29, 1.82) is 0 Å². The number of nitrogens with one attached hydrogen (secondary N) is 2. The van der Waals surface area contributed by atoms with Gasteiger partial charge in [0.25, 0.3) is 0 Å². The molecule has 0 aliphatic carbocycles. The highest BCUT2D eigenvalue weighted by Crippen LogP contribution is 2.23. The van der Waals surface area contributed by atoms with Crippen LogP contribution in [0.2, 0.25) is 0 Å². The van der Waals surface area contributed by atoms with Gasteiger partial charge in [-0.05, 0) is 18.5 Å². The lowest BCUT2D eigenvalue weighted by Gasteiger charge is -2.10. The Hall–Kier alpha value is -1.66. The highest BCUT2D eigenvalue weighted by Gasteiger charge is 2.13. The van der Waals surface area contributed by atoms with E-state index in [2.05, 4.69) is 15.6 Å². The normalized spacial score (nSPS) is 12.3. The van der Waals surface area contributed by atoms with Crippen molar-refractivity contribution in [3.63, 3.8) is 0 Å². The fourth-order valence-corrected chi connectivity index (χ4v) is 2.31. The van der Waals surface area contributed by atoms with E-state index in [-0.39, 0.29) is 11.8 Å². The molecule has 2 aromatic rings. The summed E-state index contributed by atoms with van der Waals surface area (Å²) in [7, 11) is 1.83. The summed E-state index contributed by atoms with van der Waals surface area (Å²) in [5, 5.41) is 7.79. The van der Waals surface area contributed by atoms with Crippen LogP contribution in [0.4, 0.5) is 0 Å². The predicted molar refractivity (Wildman–Crippen MR) is 74.8 cm³/mol. The lowest BCUT2D eigenvalue weighted by atomic mass is 10.1. The van der Waals surface area contributed by atoms with Crippen molar-refractivity contribution in [2.75, 3.05) is 13.6 Å². The Bertz CT molecular complexity index is 522. The Balaban J connectivity index is 1.89. The zero-order valence-corrected chi connectivity index (χ0v) is 11.8. The number of carbonyl (C=O) groups excluding carboxylic acids is 1. The molecule has 0 radical (unpaired) electrons. The zero-order valence-electron chi connectivity index (χ0n) is 11.0. The third kappa shape index (κ3) is 3.65. The number of oxazole rings is 1. The van der Waals surface area contributed by atoms with Crippen LogP contribution in [0, 0.1) is 5.92 Å². The number of hydrogen-bond acceptors (Lipinski definition) is 5. The van der Waals surface area contributed by atoms with Crippen LogP contribution in [0.15, 0.2) is 28.2 Å². The van der Waals surface area contributed by atoms with E-state index in [0.29, 0.717) is 19.0 Å². The van der Waals surface area contributed by atoms with E-state index >= 15 is 0 Å². The monoisotopic (exact) mass is 279 g/mol. The second-order valence-electron chi connectivity index (χ2n) is 4.30. The predicted octanol–water partition coefficient (Wildman–Crippen LogP) is 1.87. The summed E-state index contributed by atoms with van der Waals surface area (Å²) in [6.07, 6.45) is 1.58. The van der Waals surface area contributed by atoms with E-state index in [1.165, 1.54) is 0 Å². The molecule has 1 amide bonds. The second-order valence-corrected chi connectivity index (χ2v) is 5.25. The molecular weight excluding hydrogens is 262 g/mol. The minimum Gasteiger partial charge on any atom is -0.443 e. The molecular formula is C13H17N3O2S. The van der Waals surface area contributed by atoms with Crippen molar-refractivity contribution in [1.82, 2.24) is 15.6 Å². The first-order chi connectivity index (χ1) is 9.20. The Morgan fingerprint density at radius 3 is 3.11 bits per heavy atom. The van der Waals surface area contributed by atoms with Crippen LogP contribution in [0.25, 0.3) is 10.8 Å². The molecule has 2 rings (SSSR count). The van der Waals surface area contributed by atoms with E-state index in [0.717, 1.165) is 10.6 Å². The number of aromatic nitrogens is 1. The molecule has 2 aromatic heterocycles. The molecule has 2 heterocycles. The van der Waals surface area contributed by atoms with Crippen molar-refractivity contribution < 1.29 is 9.21 Å². The number of hydrogen-bond donors (Lipinski definition) is 2. The van der Waals surface area contributed by atoms with Crippen molar-refractivity contribution in [3.05, 3.63) is 29.5 Å². The molecule has 102 valence electrons. The highest BCUT2D eigenvalue weighted by molar-refractivity contribution is 7.13. The molecule has 1 atom stereocenters. The molecule has 0 bridgehead atoms. The highest BCUT2D eigenvalue weighted by atomic mass is 32.1. The van der Waals surface area contributed by atoms with Crippen LogP contribution in [0.1, 0.15) is 12.6 Å². The summed E-state index contributed by atoms with van der Waals surface area (Å²) >= 11 is 1.57. The minimum atomic E-state index is -0.0614. The average Bonchev–Trinajstić information content (AvgIpc) is 3.06. The van der Waals surface area contributed by atoms with Gasteiger partial charge in [0.2, 0.25) is 11.8 Å². The van der Waals surface area contributed by atoms with Gasteiger partial charge >= 0.3 is 0 Å². The molecule has 0 saturated carbocycles. The first-order valence-corrected chi connectivity index (χ1v) is 6.99. The maximum absolute atomic E-state index is 11.7. The minimum absolute atomic E-state index is 0.00928. The van der Waals surface area contributed by atoms with Gasteiger partial charge in [-0.15, -0.1) is 11.3 Å². The number of rotatable bonds is 6. The van der Waals surface area contributed by atoms with Gasteiger partial charge in [0.1, 0.15) is 6.26 Å². The van der Waals surface area contributed by atoms with Gasteiger partial charge in [0.15, 0.2) is 0 Å². The van der Waals surface area contributed by atoms with Gasteiger partial charge in [-0.3, -0.25) is 4.79 Å². The molecule has 0 aliphatic heterocycles. The molecule has 0 spiro atoms. The third-order valence-corrected chi connectivity index (χ3v) is 3.54. The van der Waals surface area contributed by atoms with Gasteiger partial charge < -0.3 is 15.1 Å². The average molecular weight is 279 g/mol. The molecule has 19 heavy (non-hydrogen) atoms. The van der Waals surface area contributed by atoms with E-state index in [9.17, 15) is 4.79 Å². The molecule has 1 unspecified atom stereocenters. The van der Waals surface area contributed by atoms with Crippen molar-refractivity contribution in [2.24, 2.45) is 5.92 Å². The van der Waals surface area contributed by atoms with Crippen molar-refractivity contribution in [2.45, 2.75) is 13.5 Å². The summed E-state index contributed by atoms with van der Waals surface area (Å²) in [5.74, 6) is 0.547. The van der Waals surface area contributed by atoms with Gasteiger partial charge in [0, 0.05) is 12.5 Å². The van der Waals surface area contributed by atoms with Crippen LogP contribution in [0.5, 0.6) is 0 Å². The Labute approximate surface area is 116 Å². The van der Waals surface area contributed by atoms with Gasteiger partial charge in [0.05, 0.1) is 17.1 Å². The molecule has 2 N–H and O–H groups in total. The maximum atomic E-state index is 11.7. The van der Waals surface area contributed by atoms with Crippen LogP contribution in [0.3, 0.4) is 0 Å². The number of amides is 1. The Morgan fingerprint density at radius 1 is 1.58 bits per heavy atom. The Morgan fingerprint density at radius 2 is 2.42 bits per heavy atom. The van der Waals surface area contributed by atoms with Crippen LogP contribution in [-0.2, 0) is 11.3 Å². The van der Waals surface area contributed by atoms with Crippen LogP contribution >= 0.6 is 11.3 Å². The summed E-state index contributed by atoms with van der Waals surface area (Å²) in [6.45, 7) is 2.93. The lowest BCUT2D eigenvalue weighted by Crippen LogP contribution is -2.33. The van der Waals surface area contributed by atoms with Crippen molar-refractivity contribution >= 4 is 17.2 Å². The molecule has 0 fully saturated rings. The van der Waals surface area contributed by atoms with E-state index < -0.39 is 0 Å². The van der Waals surface area contributed by atoms with E-state index in [1.54, 1.807) is 17.6 Å². The smallest absolute Gasteiger partial charge is 0.236 e. The second kappa shape index (κ2) is 6.49. The topological polar surface area (TPSA) is 67.2 Å². The molecule has 5 nitrogen and oxygen atoms in total. The van der Waals surface area contributed by atoms with Crippen LogP contribution in [-0.4, -0.2) is 24.5 Å². The summed E-state index contributed by atoms with van der Waals surface area (Å²) < 4.78 is 5.38. The van der Waals surface area contributed by atoms with Gasteiger partial charge in [-0.25, -0.2) is 4.98 Å². The first kappa shape index (κ1) is 13.8. The van der Waals surface area contributed by atoms with Crippen LogP contribution < -0.4 is 10.6 Å². The van der Waals surface area contributed by atoms with E-state index in [1.807, 2.05) is 31.5 Å². The quantitative estimate of drug-likeness (QED) is 0.847. The largest absolute Gasteiger partial charge is 0.443 e. The summed E-state index contributed by atoms with van der Waals surface area (Å²) in [5.41, 5.74) is 0.730. The molecule has 0 saturated heterocycles. The zero-order chi connectivity index (χ0) is 13.7. The third-order valence-electron chi connectivity index (χ3n) is 2.69. The fraction of sp³-hybridized carbons (Fsp3) is 0.385. The first-order valence-electron chi connectivity index (χ1n) is 6.11. The Kier molecular flexibility index (Phi) is 4.70. The van der Waals surface area contributed by atoms with E-state index in [4.69, 9.17) is 4.42 Å².